The average Bonchev–Trinajstić information content (AvgIpc) is 2.73. The molecule has 0 aromatic carbocycles. The number of likely N-dealkylation sites (N-methyl/N-ethyl adjacent to an activating group) is 1. The van der Waals surface area contributed by atoms with Gasteiger partial charge in [0.25, 0.3) is 0 Å². The number of ether oxygens (including phenoxy) is 2. The standard InChI is InChI=1S/C11H21NO4/c1-3-12(5-4-6-15-2)10-8-16-7-9(10)11(13)14/h9-10H,3-8H2,1-2H3,(H,13,14). The second kappa shape index (κ2) is 6.83. The monoisotopic (exact) mass is 231 g/mol. The van der Waals surface area contributed by atoms with Gasteiger partial charge in [-0.05, 0) is 13.0 Å². The zero-order valence-corrected chi connectivity index (χ0v) is 10.0. The number of hydrogen-bond acceptors (Lipinski definition) is 4. The summed E-state index contributed by atoms with van der Waals surface area (Å²) in [5.74, 6) is -1.14. The van der Waals surface area contributed by atoms with Crippen LogP contribution in [0.5, 0.6) is 0 Å². The van der Waals surface area contributed by atoms with Crippen LogP contribution in [0.1, 0.15) is 13.3 Å². The molecule has 1 N–H and O–H groups in total. The molecule has 2 unspecified atom stereocenters. The molecule has 0 aromatic rings. The number of methoxy groups -OCH3 is 1. The van der Waals surface area contributed by atoms with Crippen molar-refractivity contribution in [1.29, 1.82) is 0 Å². The van der Waals surface area contributed by atoms with Gasteiger partial charge < -0.3 is 14.6 Å². The fraction of sp³-hybridized carbons (Fsp3) is 0.909. The van der Waals surface area contributed by atoms with Gasteiger partial charge in [0.05, 0.1) is 19.1 Å². The van der Waals surface area contributed by atoms with Crippen molar-refractivity contribution < 1.29 is 19.4 Å². The number of rotatable bonds is 7. The molecule has 1 rings (SSSR count). The van der Waals surface area contributed by atoms with Crippen molar-refractivity contribution in [1.82, 2.24) is 4.90 Å². The topological polar surface area (TPSA) is 59.0 Å². The molecule has 1 aliphatic rings. The van der Waals surface area contributed by atoms with Gasteiger partial charge in [-0.3, -0.25) is 9.69 Å². The zero-order valence-electron chi connectivity index (χ0n) is 10.0. The highest BCUT2D eigenvalue weighted by Gasteiger charge is 2.37. The molecular formula is C11H21NO4. The van der Waals surface area contributed by atoms with Gasteiger partial charge in [-0.2, -0.15) is 0 Å². The Kier molecular flexibility index (Phi) is 5.73. The average molecular weight is 231 g/mol. The number of carboxylic acids is 1. The van der Waals surface area contributed by atoms with E-state index in [1.807, 2.05) is 6.92 Å². The highest BCUT2D eigenvalue weighted by molar-refractivity contribution is 5.71. The first-order valence-corrected chi connectivity index (χ1v) is 5.74. The number of hydrogen-bond donors (Lipinski definition) is 1. The van der Waals surface area contributed by atoms with E-state index in [-0.39, 0.29) is 12.0 Å². The van der Waals surface area contributed by atoms with Crippen LogP contribution in [0.4, 0.5) is 0 Å². The Bertz CT molecular complexity index is 222. The third-order valence-corrected chi connectivity index (χ3v) is 3.04. The molecule has 0 aliphatic carbocycles. The van der Waals surface area contributed by atoms with E-state index in [0.717, 1.165) is 19.5 Å². The molecule has 1 saturated heterocycles. The van der Waals surface area contributed by atoms with Crippen LogP contribution in [0.3, 0.4) is 0 Å². The third-order valence-electron chi connectivity index (χ3n) is 3.04. The molecule has 1 aliphatic heterocycles. The molecule has 0 saturated carbocycles. The largest absolute Gasteiger partial charge is 0.481 e. The summed E-state index contributed by atoms with van der Waals surface area (Å²) in [4.78, 5) is 13.2. The highest BCUT2D eigenvalue weighted by atomic mass is 16.5. The summed E-state index contributed by atoms with van der Waals surface area (Å²) in [7, 11) is 1.68. The normalized spacial score (nSPS) is 25.2. The lowest BCUT2D eigenvalue weighted by molar-refractivity contribution is -0.143. The van der Waals surface area contributed by atoms with Crippen LogP contribution in [-0.4, -0.2) is 62.0 Å². The van der Waals surface area contributed by atoms with Gasteiger partial charge in [-0.1, -0.05) is 6.92 Å². The van der Waals surface area contributed by atoms with E-state index >= 15 is 0 Å². The Morgan fingerprint density at radius 1 is 1.56 bits per heavy atom. The van der Waals surface area contributed by atoms with Gasteiger partial charge in [0.2, 0.25) is 0 Å². The number of nitrogens with zero attached hydrogens (tertiary/aromatic N) is 1. The van der Waals surface area contributed by atoms with Gasteiger partial charge in [-0.15, -0.1) is 0 Å². The van der Waals surface area contributed by atoms with Crippen LogP contribution < -0.4 is 0 Å². The Labute approximate surface area is 96.3 Å². The summed E-state index contributed by atoms with van der Waals surface area (Å²) >= 11 is 0. The number of aliphatic carboxylic acids is 1. The van der Waals surface area contributed by atoms with Gasteiger partial charge in [-0.25, -0.2) is 0 Å². The minimum absolute atomic E-state index is 0.0133. The smallest absolute Gasteiger partial charge is 0.310 e. The van der Waals surface area contributed by atoms with Gasteiger partial charge in [0, 0.05) is 26.3 Å². The molecule has 0 spiro atoms. The van der Waals surface area contributed by atoms with Crippen LogP contribution >= 0.6 is 0 Å². The van der Waals surface area contributed by atoms with Crippen molar-refractivity contribution >= 4 is 5.97 Å². The maximum Gasteiger partial charge on any atom is 0.310 e. The van der Waals surface area contributed by atoms with E-state index < -0.39 is 5.97 Å². The van der Waals surface area contributed by atoms with Crippen molar-refractivity contribution in [3.05, 3.63) is 0 Å². The van der Waals surface area contributed by atoms with Gasteiger partial charge in [0.1, 0.15) is 0 Å². The predicted octanol–water partition coefficient (Wildman–Crippen LogP) is 0.444. The summed E-state index contributed by atoms with van der Waals surface area (Å²) in [5, 5.41) is 9.07. The van der Waals surface area contributed by atoms with E-state index in [0.29, 0.717) is 19.8 Å². The van der Waals surface area contributed by atoms with Crippen LogP contribution in [0, 0.1) is 5.92 Å². The maximum atomic E-state index is 11.0. The van der Waals surface area contributed by atoms with Crippen LogP contribution in [0.25, 0.3) is 0 Å². The summed E-state index contributed by atoms with van der Waals surface area (Å²) in [6.45, 7) is 5.33. The first-order valence-electron chi connectivity index (χ1n) is 5.74. The minimum Gasteiger partial charge on any atom is -0.481 e. The molecule has 0 radical (unpaired) electrons. The zero-order chi connectivity index (χ0) is 12.0. The van der Waals surface area contributed by atoms with Crippen molar-refractivity contribution in [3.63, 3.8) is 0 Å². The fourth-order valence-corrected chi connectivity index (χ4v) is 2.11. The first-order chi connectivity index (χ1) is 7.70. The minimum atomic E-state index is -0.757. The molecule has 5 nitrogen and oxygen atoms in total. The molecule has 0 aromatic heterocycles. The summed E-state index contributed by atoms with van der Waals surface area (Å²) in [5.41, 5.74) is 0. The number of carbonyl (C=O) groups is 1. The molecule has 1 heterocycles. The first kappa shape index (κ1) is 13.4. The summed E-state index contributed by atoms with van der Waals surface area (Å²) in [6, 6.07) is 0.0133. The van der Waals surface area contributed by atoms with Crippen LogP contribution in [0.15, 0.2) is 0 Å². The molecule has 0 amide bonds. The SMILES string of the molecule is CCN(CCCOC)C1COCC1C(=O)O. The highest BCUT2D eigenvalue weighted by Crippen LogP contribution is 2.20. The van der Waals surface area contributed by atoms with Crippen molar-refractivity contribution in [3.8, 4) is 0 Å². The lowest BCUT2D eigenvalue weighted by atomic mass is 10.0. The van der Waals surface area contributed by atoms with E-state index in [9.17, 15) is 4.79 Å². The van der Waals surface area contributed by atoms with Crippen LogP contribution in [0.2, 0.25) is 0 Å². The third kappa shape index (κ3) is 3.43. The van der Waals surface area contributed by atoms with Crippen molar-refractivity contribution in [2.24, 2.45) is 5.92 Å². The molecule has 1 fully saturated rings. The van der Waals surface area contributed by atoms with E-state index in [1.165, 1.54) is 0 Å². The molecule has 2 atom stereocenters. The molecule has 94 valence electrons. The van der Waals surface area contributed by atoms with Crippen molar-refractivity contribution in [2.45, 2.75) is 19.4 Å². The lowest BCUT2D eigenvalue weighted by Crippen LogP contribution is -2.43. The fourth-order valence-electron chi connectivity index (χ4n) is 2.11. The second-order valence-electron chi connectivity index (χ2n) is 4.02. The molecular weight excluding hydrogens is 210 g/mol. The second-order valence-corrected chi connectivity index (χ2v) is 4.02. The van der Waals surface area contributed by atoms with Crippen LogP contribution in [-0.2, 0) is 14.3 Å². The van der Waals surface area contributed by atoms with Gasteiger partial charge in [0.15, 0.2) is 0 Å². The number of carboxylic acid groups (broad SMARTS) is 1. The predicted molar refractivity (Wildman–Crippen MR) is 59.5 cm³/mol. The maximum absolute atomic E-state index is 11.0. The molecule has 16 heavy (non-hydrogen) atoms. The van der Waals surface area contributed by atoms with Crippen molar-refractivity contribution in [2.75, 3.05) is 40.0 Å². The Morgan fingerprint density at radius 3 is 2.88 bits per heavy atom. The Balaban J connectivity index is 2.47. The van der Waals surface area contributed by atoms with E-state index in [1.54, 1.807) is 7.11 Å². The van der Waals surface area contributed by atoms with Gasteiger partial charge >= 0.3 is 5.97 Å². The molecule has 5 heteroatoms. The quantitative estimate of drug-likeness (QED) is 0.644. The lowest BCUT2D eigenvalue weighted by Gasteiger charge is -2.28. The Hall–Kier alpha value is -0.650. The van der Waals surface area contributed by atoms with E-state index in [4.69, 9.17) is 14.6 Å². The Morgan fingerprint density at radius 2 is 2.31 bits per heavy atom. The molecule has 0 bridgehead atoms. The summed E-state index contributed by atoms with van der Waals surface area (Å²) < 4.78 is 10.3. The summed E-state index contributed by atoms with van der Waals surface area (Å²) in [6.07, 6.45) is 0.924. The van der Waals surface area contributed by atoms with E-state index in [2.05, 4.69) is 4.90 Å².